The number of hydrogen-bond donors (Lipinski definition) is 0. The van der Waals surface area contributed by atoms with Crippen molar-refractivity contribution in [2.45, 2.75) is 0 Å². The van der Waals surface area contributed by atoms with Gasteiger partial charge in [-0.2, -0.15) is 11.3 Å². The van der Waals surface area contributed by atoms with Crippen molar-refractivity contribution >= 4 is 23.1 Å². The third kappa shape index (κ3) is 2.48. The van der Waals surface area contributed by atoms with Gasteiger partial charge in [-0.15, -0.1) is 0 Å². The number of thiophene rings is 1. The van der Waals surface area contributed by atoms with Crippen LogP contribution in [0, 0.1) is 0 Å². The Morgan fingerprint density at radius 1 is 1.21 bits per heavy atom. The maximum absolute atomic E-state index is 12.3. The van der Waals surface area contributed by atoms with Crippen molar-refractivity contribution in [2.24, 2.45) is 0 Å². The fourth-order valence-electron chi connectivity index (χ4n) is 1.11. The molecular weight excluding hydrogens is 243 g/mol. The Hall–Kier alpha value is 0.791. The van der Waals surface area contributed by atoms with Gasteiger partial charge in [0.1, 0.15) is 19.0 Å². The first kappa shape index (κ1) is 12.9. The molecule has 1 aromatic heterocycles. The van der Waals surface area contributed by atoms with Crippen molar-refractivity contribution in [3.05, 3.63) is 5.38 Å². The first-order chi connectivity index (χ1) is 6.09. The standard InChI is InChI=1S/C6H5BF3O2S.K/c8-7(9,10)6-5-4(3-13-6)11-1-2-12-5;/h3H,1-2H2;/q-1;+1. The summed E-state index contributed by atoms with van der Waals surface area (Å²) in [6.45, 7) is -4.48. The molecule has 2 rings (SSSR count). The molecule has 0 fully saturated rings. The number of halogens is 3. The average molecular weight is 248 g/mol. The normalized spacial score (nSPS) is 14.8. The summed E-state index contributed by atoms with van der Waals surface area (Å²) in [4.78, 5) is 0. The van der Waals surface area contributed by atoms with E-state index < -0.39 is 11.8 Å². The van der Waals surface area contributed by atoms with Gasteiger partial charge in [-0.25, -0.2) is 0 Å². The fourth-order valence-corrected chi connectivity index (χ4v) is 1.94. The Morgan fingerprint density at radius 3 is 2.50 bits per heavy atom. The van der Waals surface area contributed by atoms with Crippen molar-refractivity contribution < 1.29 is 73.8 Å². The van der Waals surface area contributed by atoms with Crippen LogP contribution in [0.2, 0.25) is 0 Å². The molecule has 1 aromatic rings. The van der Waals surface area contributed by atoms with Gasteiger partial charge in [-0.3, -0.25) is 0 Å². The smallest absolute Gasteiger partial charge is 0.488 e. The van der Waals surface area contributed by atoms with E-state index in [2.05, 4.69) is 0 Å². The Kier molecular flexibility index (Phi) is 4.36. The van der Waals surface area contributed by atoms with Crippen molar-refractivity contribution in [3.8, 4) is 11.5 Å². The summed E-state index contributed by atoms with van der Waals surface area (Å²) >= 11 is 0.625. The third-order valence-corrected chi connectivity index (χ3v) is 2.66. The minimum absolute atomic E-state index is 0. The summed E-state index contributed by atoms with van der Waals surface area (Å²) in [5, 5.41) is 1.33. The Morgan fingerprint density at radius 2 is 1.86 bits per heavy atom. The molecule has 1 aliphatic rings. The SMILES string of the molecule is F[B-](F)(F)c1scc2c1OCCO2.[K+]. The van der Waals surface area contributed by atoms with Gasteiger partial charge in [0.25, 0.3) is 0 Å². The van der Waals surface area contributed by atoms with Gasteiger partial charge in [0.05, 0.1) is 0 Å². The maximum atomic E-state index is 12.3. The average Bonchev–Trinajstić information content (AvgIpc) is 2.45. The first-order valence-corrected chi connectivity index (χ1v) is 4.54. The van der Waals surface area contributed by atoms with Crippen LogP contribution in [-0.2, 0) is 0 Å². The summed E-state index contributed by atoms with van der Waals surface area (Å²) in [6.07, 6.45) is 0. The molecule has 0 radical (unpaired) electrons. The van der Waals surface area contributed by atoms with Gasteiger partial charge >= 0.3 is 58.4 Å². The molecule has 0 saturated carbocycles. The molecule has 14 heavy (non-hydrogen) atoms. The van der Waals surface area contributed by atoms with Crippen LogP contribution in [0.25, 0.3) is 0 Å². The second-order valence-electron chi connectivity index (χ2n) is 2.57. The van der Waals surface area contributed by atoms with Gasteiger partial charge in [0, 0.05) is 5.38 Å². The van der Waals surface area contributed by atoms with Crippen LogP contribution < -0.4 is 65.6 Å². The van der Waals surface area contributed by atoms with E-state index in [0.29, 0.717) is 17.9 Å². The quantitative estimate of drug-likeness (QED) is 0.568. The summed E-state index contributed by atoms with van der Waals surface area (Å²) in [6, 6.07) is 0. The second-order valence-corrected chi connectivity index (χ2v) is 3.48. The van der Waals surface area contributed by atoms with E-state index >= 15 is 0 Å². The summed E-state index contributed by atoms with van der Waals surface area (Å²) < 4.78 is 46.3. The van der Waals surface area contributed by atoms with Gasteiger partial charge in [0.2, 0.25) is 0 Å². The summed E-state index contributed by atoms with van der Waals surface area (Å²) in [7, 11) is 0. The zero-order chi connectivity index (χ0) is 9.47. The maximum Gasteiger partial charge on any atom is 1.00 e. The van der Waals surface area contributed by atoms with Crippen molar-refractivity contribution in [2.75, 3.05) is 13.2 Å². The largest absolute Gasteiger partial charge is 1.00 e. The van der Waals surface area contributed by atoms with Gasteiger partial charge < -0.3 is 22.4 Å². The van der Waals surface area contributed by atoms with Gasteiger partial charge in [-0.1, -0.05) is 0 Å². The van der Waals surface area contributed by atoms with Crippen LogP contribution in [-0.4, -0.2) is 20.2 Å². The molecule has 0 unspecified atom stereocenters. The van der Waals surface area contributed by atoms with E-state index in [9.17, 15) is 12.9 Å². The monoisotopic (exact) mass is 248 g/mol. The minimum Gasteiger partial charge on any atom is -0.488 e. The van der Waals surface area contributed by atoms with Crippen molar-refractivity contribution in [1.82, 2.24) is 0 Å². The minimum atomic E-state index is -4.98. The first-order valence-electron chi connectivity index (χ1n) is 3.66. The van der Waals surface area contributed by atoms with Crippen molar-refractivity contribution in [1.29, 1.82) is 0 Å². The van der Waals surface area contributed by atoms with Gasteiger partial charge in [0.15, 0.2) is 5.75 Å². The van der Waals surface area contributed by atoms with Crippen LogP contribution in [0.5, 0.6) is 11.5 Å². The molecule has 0 bridgehead atoms. The van der Waals surface area contributed by atoms with Crippen LogP contribution in [0.4, 0.5) is 12.9 Å². The Bertz CT molecular complexity index is 327. The van der Waals surface area contributed by atoms with Crippen LogP contribution in [0.15, 0.2) is 5.38 Å². The van der Waals surface area contributed by atoms with Gasteiger partial charge in [-0.05, 0) is 4.78 Å². The van der Waals surface area contributed by atoms with E-state index in [0.717, 1.165) is 0 Å². The molecule has 2 heterocycles. The fraction of sp³-hybridized carbons (Fsp3) is 0.333. The van der Waals surface area contributed by atoms with E-state index in [1.165, 1.54) is 5.38 Å². The molecule has 0 spiro atoms. The number of hydrogen-bond acceptors (Lipinski definition) is 3. The predicted octanol–water partition coefficient (Wildman–Crippen LogP) is -1.42. The molecule has 2 nitrogen and oxygen atoms in total. The van der Waals surface area contributed by atoms with E-state index in [1.807, 2.05) is 0 Å². The molecule has 0 amide bonds. The molecular formula is C6H5BF3KO2S. The topological polar surface area (TPSA) is 18.5 Å². The zero-order valence-corrected chi connectivity index (χ0v) is 11.4. The zero-order valence-electron chi connectivity index (χ0n) is 7.43. The Balaban J connectivity index is 0.000000980. The number of fused-ring (bicyclic) bond motifs is 1. The van der Waals surface area contributed by atoms with Crippen molar-refractivity contribution in [3.63, 3.8) is 0 Å². The number of ether oxygens (including phenoxy) is 2. The second kappa shape index (κ2) is 4.75. The summed E-state index contributed by atoms with van der Waals surface area (Å²) in [5.74, 6) is 0.0780. The van der Waals surface area contributed by atoms with Crippen LogP contribution in [0.3, 0.4) is 0 Å². The Labute approximate surface area is 125 Å². The molecule has 72 valence electrons. The molecule has 1 aliphatic heterocycles. The molecule has 0 N–H and O–H groups in total. The van der Waals surface area contributed by atoms with E-state index in [4.69, 9.17) is 9.47 Å². The molecule has 0 aromatic carbocycles. The van der Waals surface area contributed by atoms with Crippen LogP contribution >= 0.6 is 11.3 Å². The number of rotatable bonds is 1. The molecule has 0 atom stereocenters. The van der Waals surface area contributed by atoms with Crippen LogP contribution in [0.1, 0.15) is 0 Å². The van der Waals surface area contributed by atoms with E-state index in [-0.39, 0.29) is 69.5 Å². The van der Waals surface area contributed by atoms with E-state index in [1.54, 1.807) is 0 Å². The molecule has 8 heteroatoms. The molecule has 0 saturated heterocycles. The predicted molar refractivity (Wildman–Crippen MR) is 44.0 cm³/mol. The molecule has 0 aliphatic carbocycles. The third-order valence-electron chi connectivity index (χ3n) is 1.63. The summed E-state index contributed by atoms with van der Waals surface area (Å²) in [5.41, 5.74) is 0.